The van der Waals surface area contributed by atoms with E-state index < -0.39 is 17.7 Å². The van der Waals surface area contributed by atoms with Crippen molar-refractivity contribution in [1.82, 2.24) is 15.3 Å². The molecule has 0 saturated heterocycles. The Morgan fingerprint density at radius 2 is 1.82 bits per heavy atom. The quantitative estimate of drug-likeness (QED) is 0.805. The molecule has 1 heterocycles. The van der Waals surface area contributed by atoms with Crippen LogP contribution in [0.4, 0.5) is 4.79 Å². The van der Waals surface area contributed by atoms with Gasteiger partial charge in [0, 0.05) is 6.42 Å². The van der Waals surface area contributed by atoms with Crippen LogP contribution in [0.3, 0.4) is 0 Å². The van der Waals surface area contributed by atoms with Gasteiger partial charge >= 0.3 is 6.09 Å². The molecule has 0 bridgehead atoms. The zero-order valence-electron chi connectivity index (χ0n) is 13.5. The van der Waals surface area contributed by atoms with Gasteiger partial charge in [-0.15, -0.1) is 0 Å². The summed E-state index contributed by atoms with van der Waals surface area (Å²) in [4.78, 5) is 20.0. The molecule has 1 amide bonds. The third kappa shape index (κ3) is 6.13. The summed E-state index contributed by atoms with van der Waals surface area (Å²) >= 11 is 0. The molecule has 1 atom stereocenters. The number of nitrogens with one attached hydrogen (secondary N) is 1. The van der Waals surface area contributed by atoms with E-state index in [9.17, 15) is 9.90 Å². The Balaban J connectivity index is 2.75. The van der Waals surface area contributed by atoms with E-state index in [4.69, 9.17) is 14.2 Å². The number of alkyl carbamates (subject to hydrolysis) is 1. The van der Waals surface area contributed by atoms with Gasteiger partial charge < -0.3 is 24.6 Å². The minimum Gasteiger partial charge on any atom is -0.481 e. The molecule has 0 aliphatic rings. The molecule has 8 nitrogen and oxygen atoms in total. The van der Waals surface area contributed by atoms with Crippen LogP contribution in [0.25, 0.3) is 0 Å². The number of methoxy groups -OCH3 is 2. The maximum Gasteiger partial charge on any atom is 0.407 e. The molecule has 0 aliphatic carbocycles. The minimum absolute atomic E-state index is 0.212. The van der Waals surface area contributed by atoms with E-state index in [-0.39, 0.29) is 13.0 Å². The predicted octanol–water partition coefficient (Wildman–Crippen LogP) is 0.922. The van der Waals surface area contributed by atoms with Crippen LogP contribution in [-0.2, 0) is 11.2 Å². The molecule has 124 valence electrons. The fourth-order valence-corrected chi connectivity index (χ4v) is 1.61. The van der Waals surface area contributed by atoms with E-state index in [2.05, 4.69) is 15.3 Å². The fraction of sp³-hybridized carbons (Fsp3) is 0.643. The lowest BCUT2D eigenvalue weighted by Gasteiger charge is -2.22. The van der Waals surface area contributed by atoms with Crippen molar-refractivity contribution in [3.05, 3.63) is 11.9 Å². The van der Waals surface area contributed by atoms with Crippen LogP contribution < -0.4 is 14.8 Å². The number of hydrogen-bond acceptors (Lipinski definition) is 7. The van der Waals surface area contributed by atoms with E-state index >= 15 is 0 Å². The van der Waals surface area contributed by atoms with Crippen LogP contribution >= 0.6 is 0 Å². The molecule has 2 N–H and O–H groups in total. The molecule has 0 spiro atoms. The average molecular weight is 313 g/mol. The molecule has 0 unspecified atom stereocenters. The first-order valence-electron chi connectivity index (χ1n) is 6.83. The molecule has 1 aromatic rings. The van der Waals surface area contributed by atoms with E-state index in [1.807, 2.05) is 0 Å². The molecule has 0 radical (unpaired) electrons. The van der Waals surface area contributed by atoms with Crippen LogP contribution in [0, 0.1) is 0 Å². The number of ether oxygens (including phenoxy) is 3. The van der Waals surface area contributed by atoms with Gasteiger partial charge in [-0.3, -0.25) is 0 Å². The van der Waals surface area contributed by atoms with Crippen LogP contribution in [-0.4, -0.2) is 53.6 Å². The third-order valence-electron chi connectivity index (χ3n) is 2.51. The standard InChI is InChI=1S/C14H23N3O5/c1-14(2,3)22-13(19)15-9(8-18)6-10-16-11(20-4)7-12(17-10)21-5/h7,9,18H,6,8H2,1-5H3,(H,15,19)/t9-/m1/s1. The van der Waals surface area contributed by atoms with Crippen molar-refractivity contribution in [3.8, 4) is 11.8 Å². The number of rotatable bonds is 6. The lowest BCUT2D eigenvalue weighted by Crippen LogP contribution is -2.42. The zero-order chi connectivity index (χ0) is 16.8. The van der Waals surface area contributed by atoms with Gasteiger partial charge in [0.25, 0.3) is 0 Å². The third-order valence-corrected chi connectivity index (χ3v) is 2.51. The van der Waals surface area contributed by atoms with Gasteiger partial charge in [-0.1, -0.05) is 0 Å². The number of nitrogens with zero attached hydrogens (tertiary/aromatic N) is 2. The summed E-state index contributed by atoms with van der Waals surface area (Å²) in [5.74, 6) is 1.07. The highest BCUT2D eigenvalue weighted by Crippen LogP contribution is 2.15. The van der Waals surface area contributed by atoms with Gasteiger partial charge in [-0.25, -0.2) is 4.79 Å². The van der Waals surface area contributed by atoms with Crippen LogP contribution in [0.1, 0.15) is 26.6 Å². The topological polar surface area (TPSA) is 103 Å². The highest BCUT2D eigenvalue weighted by molar-refractivity contribution is 5.68. The highest BCUT2D eigenvalue weighted by atomic mass is 16.6. The predicted molar refractivity (Wildman–Crippen MR) is 79.1 cm³/mol. The number of carbonyl (C=O) groups is 1. The Kier molecular flexibility index (Phi) is 6.36. The van der Waals surface area contributed by atoms with E-state index in [1.54, 1.807) is 26.8 Å². The average Bonchev–Trinajstić information content (AvgIpc) is 2.44. The van der Waals surface area contributed by atoms with Crippen molar-refractivity contribution in [2.24, 2.45) is 0 Å². The molecule has 0 fully saturated rings. The summed E-state index contributed by atoms with van der Waals surface area (Å²) in [6, 6.07) is 0.963. The summed E-state index contributed by atoms with van der Waals surface area (Å²) < 4.78 is 15.3. The first kappa shape index (κ1) is 18.0. The molecule has 22 heavy (non-hydrogen) atoms. The maximum atomic E-state index is 11.7. The van der Waals surface area contributed by atoms with E-state index in [1.165, 1.54) is 14.2 Å². The molecule has 8 heteroatoms. The largest absolute Gasteiger partial charge is 0.481 e. The van der Waals surface area contributed by atoms with Crippen molar-refractivity contribution < 1.29 is 24.1 Å². The van der Waals surface area contributed by atoms with Gasteiger partial charge in [0.05, 0.1) is 32.9 Å². The summed E-state index contributed by atoms with van der Waals surface area (Å²) in [6.07, 6.45) is -0.398. The van der Waals surface area contributed by atoms with Crippen molar-refractivity contribution in [2.45, 2.75) is 38.8 Å². The summed E-state index contributed by atoms with van der Waals surface area (Å²) in [7, 11) is 2.96. The van der Waals surface area contributed by atoms with Crippen LogP contribution in [0.15, 0.2) is 6.07 Å². The lowest BCUT2D eigenvalue weighted by molar-refractivity contribution is 0.0482. The number of hydrogen-bond donors (Lipinski definition) is 2. The summed E-state index contributed by atoms with van der Waals surface area (Å²) in [5, 5.41) is 12.0. The van der Waals surface area contributed by atoms with Gasteiger partial charge in [0.1, 0.15) is 11.4 Å². The Morgan fingerprint density at radius 3 is 2.23 bits per heavy atom. The summed E-state index contributed by atoms with van der Waals surface area (Å²) in [5.41, 5.74) is -0.611. The van der Waals surface area contributed by atoms with E-state index in [0.717, 1.165) is 0 Å². The zero-order valence-corrected chi connectivity index (χ0v) is 13.5. The Morgan fingerprint density at radius 1 is 1.27 bits per heavy atom. The van der Waals surface area contributed by atoms with Crippen molar-refractivity contribution in [3.63, 3.8) is 0 Å². The van der Waals surface area contributed by atoms with Crippen LogP contribution in [0.5, 0.6) is 11.8 Å². The van der Waals surface area contributed by atoms with Crippen LogP contribution in [0.2, 0.25) is 0 Å². The molecular formula is C14H23N3O5. The second kappa shape index (κ2) is 7.79. The molecular weight excluding hydrogens is 290 g/mol. The number of aromatic nitrogens is 2. The van der Waals surface area contributed by atoms with Gasteiger partial charge in [-0.2, -0.15) is 9.97 Å². The Bertz CT molecular complexity index is 479. The molecule has 0 aliphatic heterocycles. The van der Waals surface area contributed by atoms with Gasteiger partial charge in [-0.05, 0) is 20.8 Å². The molecule has 0 aromatic carbocycles. The SMILES string of the molecule is COc1cc(OC)nc(C[C@H](CO)NC(=O)OC(C)(C)C)n1. The number of aliphatic hydroxyl groups is 1. The monoisotopic (exact) mass is 313 g/mol. The summed E-state index contributed by atoms with van der Waals surface area (Å²) in [6.45, 7) is 5.01. The number of amides is 1. The van der Waals surface area contributed by atoms with Gasteiger partial charge in [0.15, 0.2) is 0 Å². The number of carbonyl (C=O) groups excluding carboxylic acids is 1. The molecule has 1 rings (SSSR count). The highest BCUT2D eigenvalue weighted by Gasteiger charge is 2.20. The first-order valence-corrected chi connectivity index (χ1v) is 6.83. The van der Waals surface area contributed by atoms with Crippen molar-refractivity contribution >= 4 is 6.09 Å². The lowest BCUT2D eigenvalue weighted by atomic mass is 10.2. The molecule has 0 saturated carbocycles. The second-order valence-electron chi connectivity index (χ2n) is 5.60. The van der Waals surface area contributed by atoms with Crippen molar-refractivity contribution in [1.29, 1.82) is 0 Å². The smallest absolute Gasteiger partial charge is 0.407 e. The number of aliphatic hydroxyl groups excluding tert-OH is 1. The van der Waals surface area contributed by atoms with Gasteiger partial charge in [0.2, 0.25) is 11.8 Å². The fourth-order valence-electron chi connectivity index (χ4n) is 1.61. The first-order chi connectivity index (χ1) is 10.3. The van der Waals surface area contributed by atoms with E-state index in [0.29, 0.717) is 17.6 Å². The Hall–Kier alpha value is -2.09. The molecule has 1 aromatic heterocycles. The Labute approximate surface area is 129 Å². The van der Waals surface area contributed by atoms with Crippen molar-refractivity contribution in [2.75, 3.05) is 20.8 Å². The maximum absolute atomic E-state index is 11.7. The second-order valence-corrected chi connectivity index (χ2v) is 5.60. The normalized spacial score (nSPS) is 12.5. The minimum atomic E-state index is -0.611.